The Kier molecular flexibility index (Phi) is 4.70. The Labute approximate surface area is 183 Å². The van der Waals surface area contributed by atoms with E-state index in [1.54, 1.807) is 13.3 Å². The second-order valence-corrected chi connectivity index (χ2v) is 7.83. The van der Waals surface area contributed by atoms with Crippen LogP contribution in [0.3, 0.4) is 0 Å². The minimum Gasteiger partial charge on any atom is -0.467 e. The second-order valence-electron chi connectivity index (χ2n) is 7.83. The molecule has 0 aliphatic rings. The van der Waals surface area contributed by atoms with Gasteiger partial charge in [0.05, 0.1) is 12.8 Å². The maximum absolute atomic E-state index is 13.4. The summed E-state index contributed by atoms with van der Waals surface area (Å²) in [7, 11) is 1.65. The SMILES string of the molecule is Cc1c(C)n2c3c(=O)n(C/C=C\c4ccccc4)c(=O)n(C)c3nc2n1Cc1ccco1. The van der Waals surface area contributed by atoms with Gasteiger partial charge in [-0.15, -0.1) is 0 Å². The van der Waals surface area contributed by atoms with Gasteiger partial charge in [-0.05, 0) is 31.5 Å². The Morgan fingerprint density at radius 3 is 2.50 bits per heavy atom. The molecule has 4 heterocycles. The van der Waals surface area contributed by atoms with Crippen molar-refractivity contribution in [3.63, 3.8) is 0 Å². The van der Waals surface area contributed by atoms with Gasteiger partial charge >= 0.3 is 5.69 Å². The number of fused-ring (bicyclic) bond motifs is 3. The zero-order chi connectivity index (χ0) is 22.4. The average molecular weight is 429 g/mol. The van der Waals surface area contributed by atoms with E-state index in [0.29, 0.717) is 23.5 Å². The van der Waals surface area contributed by atoms with Gasteiger partial charge in [0.15, 0.2) is 11.2 Å². The summed E-state index contributed by atoms with van der Waals surface area (Å²) in [6.45, 7) is 4.60. The average Bonchev–Trinajstić information content (AvgIpc) is 3.50. The molecule has 0 unspecified atom stereocenters. The zero-order valence-electron chi connectivity index (χ0n) is 18.1. The molecule has 0 saturated heterocycles. The van der Waals surface area contributed by atoms with Gasteiger partial charge in [0.2, 0.25) is 5.78 Å². The topological polar surface area (TPSA) is 79.4 Å². The van der Waals surface area contributed by atoms with Crippen molar-refractivity contribution in [3.8, 4) is 0 Å². The van der Waals surface area contributed by atoms with Crippen LogP contribution >= 0.6 is 0 Å². The zero-order valence-corrected chi connectivity index (χ0v) is 18.1. The van der Waals surface area contributed by atoms with Crippen LogP contribution in [0.15, 0.2) is 68.8 Å². The maximum Gasteiger partial charge on any atom is 0.332 e. The molecule has 0 amide bonds. The molecule has 5 rings (SSSR count). The monoisotopic (exact) mass is 429 g/mol. The summed E-state index contributed by atoms with van der Waals surface area (Å²) in [5.74, 6) is 1.39. The van der Waals surface area contributed by atoms with Crippen LogP contribution < -0.4 is 11.2 Å². The van der Waals surface area contributed by atoms with Crippen molar-refractivity contribution in [2.45, 2.75) is 26.9 Å². The first-order chi connectivity index (χ1) is 15.5. The van der Waals surface area contributed by atoms with Gasteiger partial charge in [-0.1, -0.05) is 42.5 Å². The number of hydrogen-bond donors (Lipinski definition) is 0. The normalized spacial score (nSPS) is 12.0. The Morgan fingerprint density at radius 1 is 1.00 bits per heavy atom. The molecule has 0 N–H and O–H groups in total. The molecular formula is C24H23N5O3. The molecule has 0 spiro atoms. The molecule has 0 aliphatic carbocycles. The highest BCUT2D eigenvalue weighted by molar-refractivity contribution is 5.76. The Bertz CT molecular complexity index is 1580. The van der Waals surface area contributed by atoms with Crippen molar-refractivity contribution in [1.82, 2.24) is 23.1 Å². The van der Waals surface area contributed by atoms with Crippen LogP contribution in [0.2, 0.25) is 0 Å². The number of rotatable bonds is 5. The van der Waals surface area contributed by atoms with E-state index in [1.807, 2.05) is 77.4 Å². The number of benzene rings is 1. The van der Waals surface area contributed by atoms with E-state index in [0.717, 1.165) is 22.7 Å². The Morgan fingerprint density at radius 2 is 1.78 bits per heavy atom. The summed E-state index contributed by atoms with van der Waals surface area (Å²) in [4.78, 5) is 31.1. The fourth-order valence-corrected chi connectivity index (χ4v) is 4.08. The quantitative estimate of drug-likeness (QED) is 0.430. The first kappa shape index (κ1) is 19.9. The van der Waals surface area contributed by atoms with Crippen molar-refractivity contribution in [1.29, 1.82) is 0 Å². The molecule has 8 nitrogen and oxygen atoms in total. The van der Waals surface area contributed by atoms with Crippen LogP contribution in [-0.2, 0) is 20.1 Å². The van der Waals surface area contributed by atoms with E-state index in [9.17, 15) is 9.59 Å². The van der Waals surface area contributed by atoms with Crippen LogP contribution in [0.25, 0.3) is 23.0 Å². The first-order valence-electron chi connectivity index (χ1n) is 10.4. The molecule has 0 atom stereocenters. The summed E-state index contributed by atoms with van der Waals surface area (Å²) in [5.41, 5.74) is 2.90. The van der Waals surface area contributed by atoms with E-state index < -0.39 is 5.69 Å². The summed E-state index contributed by atoms with van der Waals surface area (Å²) in [5, 5.41) is 0. The molecule has 162 valence electrons. The lowest BCUT2D eigenvalue weighted by Crippen LogP contribution is -2.39. The number of nitrogens with zero attached hydrogens (tertiary/aromatic N) is 5. The molecule has 0 bridgehead atoms. The van der Waals surface area contributed by atoms with Crippen LogP contribution in [0, 0.1) is 13.8 Å². The lowest BCUT2D eigenvalue weighted by molar-refractivity contribution is 0.494. The minimum absolute atomic E-state index is 0.175. The molecule has 32 heavy (non-hydrogen) atoms. The number of furan rings is 1. The van der Waals surface area contributed by atoms with E-state index in [-0.39, 0.29) is 12.1 Å². The molecule has 1 aromatic carbocycles. The predicted molar refractivity (Wildman–Crippen MR) is 123 cm³/mol. The van der Waals surface area contributed by atoms with E-state index in [4.69, 9.17) is 4.42 Å². The highest BCUT2D eigenvalue weighted by atomic mass is 16.3. The van der Waals surface area contributed by atoms with Gasteiger partial charge in [-0.2, -0.15) is 4.98 Å². The Balaban J connectivity index is 1.68. The first-order valence-corrected chi connectivity index (χ1v) is 10.4. The van der Waals surface area contributed by atoms with E-state index in [1.165, 1.54) is 9.13 Å². The molecule has 0 aliphatic heterocycles. The fraction of sp³-hybridized carbons (Fsp3) is 0.208. The van der Waals surface area contributed by atoms with Crippen LogP contribution in [0.1, 0.15) is 22.7 Å². The third-order valence-corrected chi connectivity index (χ3v) is 5.92. The highest BCUT2D eigenvalue weighted by Crippen LogP contribution is 2.22. The minimum atomic E-state index is -0.395. The van der Waals surface area contributed by atoms with Gasteiger partial charge in [-0.3, -0.25) is 18.3 Å². The molecule has 5 aromatic rings. The molecule has 0 fully saturated rings. The molecule has 0 saturated carbocycles. The van der Waals surface area contributed by atoms with Crippen LogP contribution in [-0.4, -0.2) is 23.1 Å². The Hall–Kier alpha value is -4.07. The molecular weight excluding hydrogens is 406 g/mol. The van der Waals surface area contributed by atoms with Gasteiger partial charge in [-0.25, -0.2) is 4.79 Å². The third kappa shape index (κ3) is 3.03. The van der Waals surface area contributed by atoms with Crippen molar-refractivity contribution in [2.75, 3.05) is 0 Å². The number of aryl methyl sites for hydroxylation is 2. The number of hydrogen-bond acceptors (Lipinski definition) is 4. The van der Waals surface area contributed by atoms with Crippen molar-refractivity contribution >= 4 is 23.0 Å². The van der Waals surface area contributed by atoms with E-state index in [2.05, 4.69) is 4.98 Å². The lowest BCUT2D eigenvalue weighted by Gasteiger charge is -2.06. The van der Waals surface area contributed by atoms with Gasteiger partial charge < -0.3 is 8.98 Å². The molecule has 4 aromatic heterocycles. The van der Waals surface area contributed by atoms with Crippen molar-refractivity contribution in [3.05, 3.63) is 98.4 Å². The fourth-order valence-electron chi connectivity index (χ4n) is 4.08. The summed E-state index contributed by atoms with van der Waals surface area (Å²) >= 11 is 0. The summed E-state index contributed by atoms with van der Waals surface area (Å²) in [6.07, 6.45) is 5.35. The number of aromatic nitrogens is 5. The maximum atomic E-state index is 13.4. The largest absolute Gasteiger partial charge is 0.467 e. The summed E-state index contributed by atoms with van der Waals surface area (Å²) in [6, 6.07) is 13.5. The second kappa shape index (κ2) is 7.56. The molecule has 0 radical (unpaired) electrons. The van der Waals surface area contributed by atoms with Gasteiger partial charge in [0.1, 0.15) is 5.76 Å². The van der Waals surface area contributed by atoms with Crippen LogP contribution in [0.4, 0.5) is 0 Å². The van der Waals surface area contributed by atoms with E-state index >= 15 is 0 Å². The lowest BCUT2D eigenvalue weighted by atomic mass is 10.2. The van der Waals surface area contributed by atoms with Crippen molar-refractivity contribution < 1.29 is 4.42 Å². The number of allylic oxidation sites excluding steroid dienone is 1. The number of imidazole rings is 2. The smallest absolute Gasteiger partial charge is 0.332 e. The predicted octanol–water partition coefficient (Wildman–Crippen LogP) is 3.12. The summed E-state index contributed by atoms with van der Waals surface area (Å²) < 4.78 is 12.0. The standard InChI is InChI=1S/C24H23N5O3/c1-16-17(2)29-20-21(25-23(29)28(16)15-19-12-8-14-32-19)26(3)24(31)27(22(20)30)13-7-11-18-9-5-4-6-10-18/h4-12,14H,13,15H2,1-3H3/b11-7-. The van der Waals surface area contributed by atoms with Crippen LogP contribution in [0.5, 0.6) is 0 Å². The molecule has 8 heteroatoms. The van der Waals surface area contributed by atoms with Crippen molar-refractivity contribution in [2.24, 2.45) is 7.05 Å². The highest BCUT2D eigenvalue weighted by Gasteiger charge is 2.22. The van der Waals surface area contributed by atoms with Gasteiger partial charge in [0.25, 0.3) is 5.56 Å². The van der Waals surface area contributed by atoms with Gasteiger partial charge in [0, 0.05) is 25.0 Å². The third-order valence-electron chi connectivity index (χ3n) is 5.92.